The van der Waals surface area contributed by atoms with Crippen molar-refractivity contribution in [3.8, 4) is 6.07 Å². The number of carboxylic acids is 1. The second-order valence-electron chi connectivity index (χ2n) is 5.02. The van der Waals surface area contributed by atoms with Gasteiger partial charge in [0.1, 0.15) is 0 Å². The molecule has 0 fully saturated rings. The predicted octanol–water partition coefficient (Wildman–Crippen LogP) is 3.30. The molecule has 0 aliphatic rings. The van der Waals surface area contributed by atoms with Crippen LogP contribution in [0.25, 0.3) is 0 Å². The van der Waals surface area contributed by atoms with Gasteiger partial charge in [0, 0.05) is 24.9 Å². The molecule has 5 heteroatoms. The maximum absolute atomic E-state index is 10.8. The van der Waals surface area contributed by atoms with E-state index in [1.807, 2.05) is 6.92 Å². The summed E-state index contributed by atoms with van der Waals surface area (Å²) in [5, 5.41) is 17.3. The summed E-state index contributed by atoms with van der Waals surface area (Å²) in [6, 6.07) is 1.74. The standard InChI is InChI=1S/C16H27NO4/c1-3-4-5-6-12-21-14(2)13-20-11-7-8-15(9-10-17)16(18)19/h9,14H,3-8,11-13H2,1-2H3,(H,18,19). The first kappa shape index (κ1) is 19.6. The van der Waals surface area contributed by atoms with Crippen molar-refractivity contribution in [2.75, 3.05) is 19.8 Å². The van der Waals surface area contributed by atoms with E-state index in [0.29, 0.717) is 26.1 Å². The number of carboxylic acid groups (broad SMARTS) is 1. The number of hydrogen-bond donors (Lipinski definition) is 1. The highest BCUT2D eigenvalue weighted by Gasteiger charge is 2.07. The van der Waals surface area contributed by atoms with Crippen molar-refractivity contribution >= 4 is 5.97 Å². The van der Waals surface area contributed by atoms with E-state index in [4.69, 9.17) is 19.8 Å². The highest BCUT2D eigenvalue weighted by molar-refractivity contribution is 5.87. The van der Waals surface area contributed by atoms with Gasteiger partial charge in [-0.25, -0.2) is 4.79 Å². The molecule has 0 heterocycles. The molecule has 120 valence electrons. The lowest BCUT2D eigenvalue weighted by atomic mass is 10.1. The lowest BCUT2D eigenvalue weighted by Gasteiger charge is -2.13. The van der Waals surface area contributed by atoms with Crippen LogP contribution in [0.1, 0.15) is 52.4 Å². The van der Waals surface area contributed by atoms with Crippen molar-refractivity contribution in [2.24, 2.45) is 0 Å². The molecule has 0 rings (SSSR count). The summed E-state index contributed by atoms with van der Waals surface area (Å²) in [5.41, 5.74) is 0.126. The number of allylic oxidation sites excluding steroid dienone is 1. The lowest BCUT2D eigenvalue weighted by Crippen LogP contribution is -2.17. The minimum absolute atomic E-state index is 0.0558. The van der Waals surface area contributed by atoms with Crippen LogP contribution in [0, 0.1) is 11.3 Å². The number of nitriles is 1. The average Bonchev–Trinajstić information content (AvgIpc) is 2.45. The van der Waals surface area contributed by atoms with Gasteiger partial charge in [0.25, 0.3) is 0 Å². The molecule has 0 aromatic heterocycles. The van der Waals surface area contributed by atoms with Crippen molar-refractivity contribution < 1.29 is 19.4 Å². The number of carbonyl (C=O) groups is 1. The minimum atomic E-state index is -1.04. The van der Waals surface area contributed by atoms with Crippen molar-refractivity contribution in [1.82, 2.24) is 0 Å². The number of rotatable bonds is 13. The van der Waals surface area contributed by atoms with E-state index < -0.39 is 5.97 Å². The van der Waals surface area contributed by atoms with E-state index in [-0.39, 0.29) is 11.7 Å². The fourth-order valence-electron chi connectivity index (χ4n) is 1.79. The molecule has 0 spiro atoms. The second-order valence-corrected chi connectivity index (χ2v) is 5.02. The van der Waals surface area contributed by atoms with E-state index in [2.05, 4.69) is 6.92 Å². The third kappa shape index (κ3) is 12.1. The Bertz CT molecular complexity index is 347. The molecule has 0 amide bonds. The molecule has 0 saturated heterocycles. The van der Waals surface area contributed by atoms with Crippen molar-refractivity contribution in [3.05, 3.63) is 11.6 Å². The summed E-state index contributed by atoms with van der Waals surface area (Å²) in [4.78, 5) is 10.8. The van der Waals surface area contributed by atoms with Crippen LogP contribution in [0.15, 0.2) is 11.6 Å². The van der Waals surface area contributed by atoms with Crippen LogP contribution in [0.2, 0.25) is 0 Å². The maximum Gasteiger partial charge on any atom is 0.332 e. The molecule has 0 aliphatic carbocycles. The fraction of sp³-hybridized carbons (Fsp3) is 0.750. The number of unbranched alkanes of at least 4 members (excludes halogenated alkanes) is 3. The maximum atomic E-state index is 10.8. The zero-order valence-electron chi connectivity index (χ0n) is 13.1. The molecule has 0 aromatic rings. The molecular formula is C16H27NO4. The molecule has 1 atom stereocenters. The Morgan fingerprint density at radius 3 is 2.67 bits per heavy atom. The summed E-state index contributed by atoms with van der Waals surface area (Å²) in [7, 11) is 0. The van der Waals surface area contributed by atoms with Crippen LogP contribution in [-0.4, -0.2) is 37.0 Å². The van der Waals surface area contributed by atoms with Crippen LogP contribution in [0.3, 0.4) is 0 Å². The van der Waals surface area contributed by atoms with Gasteiger partial charge in [-0.1, -0.05) is 26.2 Å². The first-order valence-corrected chi connectivity index (χ1v) is 7.63. The Balaban J connectivity index is 3.55. The number of ether oxygens (including phenoxy) is 2. The van der Waals surface area contributed by atoms with E-state index in [1.165, 1.54) is 19.3 Å². The van der Waals surface area contributed by atoms with Gasteiger partial charge in [0.05, 0.1) is 18.8 Å². The quantitative estimate of drug-likeness (QED) is 0.320. The number of nitrogens with zero attached hydrogens (tertiary/aromatic N) is 1. The summed E-state index contributed by atoms with van der Waals surface area (Å²) >= 11 is 0. The second kappa shape index (κ2) is 13.6. The van der Waals surface area contributed by atoms with E-state index >= 15 is 0 Å². The Morgan fingerprint density at radius 1 is 1.29 bits per heavy atom. The Morgan fingerprint density at radius 2 is 2.05 bits per heavy atom. The monoisotopic (exact) mass is 297 g/mol. The SMILES string of the molecule is CCCCCCOC(C)COCCCC(=CC#N)C(=O)O. The van der Waals surface area contributed by atoms with Crippen LogP contribution >= 0.6 is 0 Å². The van der Waals surface area contributed by atoms with Crippen molar-refractivity contribution in [3.63, 3.8) is 0 Å². The molecule has 0 saturated carbocycles. The van der Waals surface area contributed by atoms with Gasteiger partial charge in [0.2, 0.25) is 0 Å². The van der Waals surface area contributed by atoms with Crippen molar-refractivity contribution in [1.29, 1.82) is 5.26 Å². The van der Waals surface area contributed by atoms with Crippen LogP contribution in [0.4, 0.5) is 0 Å². The lowest BCUT2D eigenvalue weighted by molar-refractivity contribution is -0.132. The van der Waals surface area contributed by atoms with Crippen LogP contribution in [0.5, 0.6) is 0 Å². The van der Waals surface area contributed by atoms with Gasteiger partial charge in [0.15, 0.2) is 0 Å². The largest absolute Gasteiger partial charge is 0.478 e. The molecule has 5 nitrogen and oxygen atoms in total. The fourth-order valence-corrected chi connectivity index (χ4v) is 1.79. The smallest absolute Gasteiger partial charge is 0.332 e. The summed E-state index contributed by atoms with van der Waals surface area (Å²) < 4.78 is 11.1. The highest BCUT2D eigenvalue weighted by atomic mass is 16.5. The third-order valence-corrected chi connectivity index (χ3v) is 3.00. The zero-order valence-corrected chi connectivity index (χ0v) is 13.1. The van der Waals surface area contributed by atoms with Gasteiger partial charge in [-0.15, -0.1) is 0 Å². The molecule has 0 aromatic carbocycles. The highest BCUT2D eigenvalue weighted by Crippen LogP contribution is 2.06. The van der Waals surface area contributed by atoms with Crippen LogP contribution < -0.4 is 0 Å². The Kier molecular flexibility index (Phi) is 12.7. The minimum Gasteiger partial charge on any atom is -0.478 e. The summed E-state index contributed by atoms with van der Waals surface area (Å²) in [5.74, 6) is -1.04. The van der Waals surface area contributed by atoms with Gasteiger partial charge in [-0.3, -0.25) is 0 Å². The predicted molar refractivity (Wildman–Crippen MR) is 80.9 cm³/mol. The van der Waals surface area contributed by atoms with Gasteiger partial charge in [-0.05, 0) is 26.2 Å². The van der Waals surface area contributed by atoms with Gasteiger partial charge in [-0.2, -0.15) is 5.26 Å². The summed E-state index contributed by atoms with van der Waals surface area (Å²) in [6.45, 7) is 5.90. The molecule has 1 N–H and O–H groups in total. The Labute approximate surface area is 127 Å². The van der Waals surface area contributed by atoms with Gasteiger partial charge < -0.3 is 14.6 Å². The normalized spacial score (nSPS) is 12.9. The van der Waals surface area contributed by atoms with E-state index in [9.17, 15) is 4.79 Å². The van der Waals surface area contributed by atoms with Gasteiger partial charge >= 0.3 is 5.97 Å². The number of aliphatic carboxylic acids is 1. The van der Waals surface area contributed by atoms with Crippen LogP contribution in [-0.2, 0) is 14.3 Å². The molecule has 0 aliphatic heterocycles. The van der Waals surface area contributed by atoms with Crippen molar-refractivity contribution in [2.45, 2.75) is 58.5 Å². The molecule has 21 heavy (non-hydrogen) atoms. The van der Waals surface area contributed by atoms with E-state index in [1.54, 1.807) is 6.07 Å². The topological polar surface area (TPSA) is 79.5 Å². The number of hydrogen-bond acceptors (Lipinski definition) is 4. The Hall–Kier alpha value is -1.38. The van der Waals surface area contributed by atoms with E-state index in [0.717, 1.165) is 19.1 Å². The molecule has 0 bridgehead atoms. The first-order valence-electron chi connectivity index (χ1n) is 7.63. The third-order valence-electron chi connectivity index (χ3n) is 3.00. The molecule has 1 unspecified atom stereocenters. The average molecular weight is 297 g/mol. The summed E-state index contributed by atoms with van der Waals surface area (Å²) in [6.07, 6.45) is 6.81. The zero-order chi connectivity index (χ0) is 15.9. The first-order chi connectivity index (χ1) is 10.1. The molecule has 0 radical (unpaired) electrons. The molecular weight excluding hydrogens is 270 g/mol.